The number of aliphatic hydroxyl groups excluding tert-OH is 2. The van der Waals surface area contributed by atoms with Gasteiger partial charge in [-0.15, -0.1) is 0 Å². The molecule has 0 bridgehead atoms. The Kier molecular flexibility index (Phi) is 17.8. The number of ether oxygens (including phenoxy) is 7. The number of carbonyl (C=O) groups excluding carboxylic acids is 2. The van der Waals surface area contributed by atoms with Crippen molar-refractivity contribution in [2.24, 2.45) is 11.0 Å². The minimum atomic E-state index is -1.34. The zero-order valence-electron chi connectivity index (χ0n) is 33.4. The Bertz CT molecular complexity index is 1720. The molecule has 15 nitrogen and oxygen atoms in total. The predicted octanol–water partition coefficient (Wildman–Crippen LogP) is 6.44. The van der Waals surface area contributed by atoms with Crippen LogP contribution in [-0.4, -0.2) is 102 Å². The Hall–Kier alpha value is -4.57. The van der Waals surface area contributed by atoms with Crippen molar-refractivity contribution in [3.63, 3.8) is 0 Å². The first-order valence-corrected chi connectivity index (χ1v) is 20.0. The first-order valence-electron chi connectivity index (χ1n) is 20.0. The van der Waals surface area contributed by atoms with Crippen molar-refractivity contribution in [2.75, 3.05) is 19.8 Å². The van der Waals surface area contributed by atoms with Crippen molar-refractivity contribution < 1.29 is 53.0 Å². The van der Waals surface area contributed by atoms with Crippen molar-refractivity contribution >= 4 is 12.1 Å². The Morgan fingerprint density at radius 1 is 0.810 bits per heavy atom. The molecule has 4 unspecified atom stereocenters. The van der Waals surface area contributed by atoms with Crippen LogP contribution in [0.15, 0.2) is 96.1 Å². The van der Waals surface area contributed by atoms with Gasteiger partial charge in [0, 0.05) is 31.5 Å². The molecular formula is C43H56N4O11. The van der Waals surface area contributed by atoms with E-state index in [1.54, 1.807) is 4.90 Å². The number of azide groups is 1. The third kappa shape index (κ3) is 12.7. The first kappa shape index (κ1) is 44.5. The standard InChI is InChI=1S/C43H56N4O11/c1-4-34-38(58-42-40(55-30(3)49)39(37(50)35(26-48)57-42)53-27-32-19-11-6-12-20-32)29(2)36(45-46-44)41(56-34)52-24-16-8-15-23-47(25-31-17-9-5-10-18-31)43(51)54-28-33-21-13-7-14-22-33/h5-7,9-14,17-22,29,34-42,48,50H,4,8,15-16,23-28H2,1-3H3/t29-,34?,35?,36?,37-,38+,39-,40?,41+,42+/m1/s1. The van der Waals surface area contributed by atoms with Crippen LogP contribution >= 0.6 is 0 Å². The quantitative estimate of drug-likeness (QED) is 0.0420. The number of hydrogen-bond acceptors (Lipinski definition) is 12. The van der Waals surface area contributed by atoms with Crippen molar-refractivity contribution in [2.45, 2.75) is 121 Å². The molecule has 1 amide bonds. The van der Waals surface area contributed by atoms with Crippen molar-refractivity contribution in [1.82, 2.24) is 4.90 Å². The van der Waals surface area contributed by atoms with Crippen LogP contribution < -0.4 is 0 Å². The fourth-order valence-electron chi connectivity index (χ4n) is 7.22. The van der Waals surface area contributed by atoms with Crippen LogP contribution in [0.3, 0.4) is 0 Å². The third-order valence-electron chi connectivity index (χ3n) is 10.3. The van der Waals surface area contributed by atoms with Gasteiger partial charge in [0.05, 0.1) is 31.5 Å². The second-order valence-corrected chi connectivity index (χ2v) is 14.5. The van der Waals surface area contributed by atoms with Crippen LogP contribution in [0.2, 0.25) is 0 Å². The summed E-state index contributed by atoms with van der Waals surface area (Å²) in [6.07, 6.45) is -5.97. The third-order valence-corrected chi connectivity index (χ3v) is 10.3. The van der Waals surface area contributed by atoms with Gasteiger partial charge in [0.15, 0.2) is 18.7 Å². The lowest BCUT2D eigenvalue weighted by Crippen LogP contribution is -2.63. The van der Waals surface area contributed by atoms with Crippen molar-refractivity contribution in [3.8, 4) is 0 Å². The van der Waals surface area contributed by atoms with Gasteiger partial charge in [0.2, 0.25) is 0 Å². The SMILES string of the molecule is CCC1O[C@H](OCCCCCN(Cc2ccccc2)C(=O)OCc2ccccc2)C(N=[N+]=[N-])[C@@H](C)[C@@H]1O[C@@H]1OC(CO)[C@@H](O)[C@@H](OCc2ccccc2)C1OC(C)=O. The van der Waals surface area contributed by atoms with Gasteiger partial charge in [-0.25, -0.2) is 4.79 Å². The molecule has 2 aliphatic heterocycles. The summed E-state index contributed by atoms with van der Waals surface area (Å²) in [5.74, 6) is -1.10. The van der Waals surface area contributed by atoms with E-state index in [-0.39, 0.29) is 19.3 Å². The van der Waals surface area contributed by atoms with Gasteiger partial charge in [-0.3, -0.25) is 4.79 Å². The number of esters is 1. The maximum absolute atomic E-state index is 13.2. The summed E-state index contributed by atoms with van der Waals surface area (Å²) < 4.78 is 42.5. The number of hydrogen-bond donors (Lipinski definition) is 2. The molecule has 0 aromatic heterocycles. The van der Waals surface area contributed by atoms with Gasteiger partial charge in [-0.1, -0.05) is 110 Å². The summed E-state index contributed by atoms with van der Waals surface area (Å²) >= 11 is 0. The lowest BCUT2D eigenvalue weighted by Gasteiger charge is -2.48. The average Bonchev–Trinajstić information content (AvgIpc) is 3.24. The Balaban J connectivity index is 1.18. The van der Waals surface area contributed by atoms with E-state index < -0.39 is 73.7 Å². The zero-order valence-corrected chi connectivity index (χ0v) is 33.4. The maximum atomic E-state index is 13.2. The summed E-state index contributed by atoms with van der Waals surface area (Å²) in [6, 6.07) is 27.8. The first-order chi connectivity index (χ1) is 28.2. The van der Waals surface area contributed by atoms with Gasteiger partial charge >= 0.3 is 12.1 Å². The van der Waals surface area contributed by atoms with Gasteiger partial charge in [-0.05, 0) is 53.8 Å². The van der Waals surface area contributed by atoms with Crippen LogP contribution in [0.1, 0.15) is 63.1 Å². The molecule has 3 aromatic rings. The summed E-state index contributed by atoms with van der Waals surface area (Å²) in [4.78, 5) is 30.3. The van der Waals surface area contributed by atoms with Crippen molar-refractivity contribution in [3.05, 3.63) is 118 Å². The van der Waals surface area contributed by atoms with Crippen LogP contribution in [0.25, 0.3) is 10.4 Å². The van der Waals surface area contributed by atoms with Crippen LogP contribution in [-0.2, 0) is 57.7 Å². The summed E-state index contributed by atoms with van der Waals surface area (Å²) in [5.41, 5.74) is 12.3. The number of amides is 1. The second-order valence-electron chi connectivity index (χ2n) is 14.5. The molecule has 0 aliphatic carbocycles. The highest BCUT2D eigenvalue weighted by Gasteiger charge is 2.52. The fraction of sp³-hybridized carbons (Fsp3) is 0.535. The van der Waals surface area contributed by atoms with E-state index in [2.05, 4.69) is 10.0 Å². The summed E-state index contributed by atoms with van der Waals surface area (Å²) in [5, 5.41) is 25.3. The molecule has 10 atom stereocenters. The molecule has 2 fully saturated rings. The van der Waals surface area contributed by atoms with E-state index in [0.717, 1.165) is 23.1 Å². The number of benzene rings is 3. The molecule has 3 aromatic carbocycles. The predicted molar refractivity (Wildman–Crippen MR) is 212 cm³/mol. The van der Waals surface area contributed by atoms with E-state index in [4.69, 9.17) is 33.2 Å². The number of aliphatic hydroxyl groups is 2. The Morgan fingerprint density at radius 2 is 1.43 bits per heavy atom. The molecule has 2 saturated heterocycles. The highest BCUT2D eigenvalue weighted by Crippen LogP contribution is 2.36. The molecule has 2 N–H and O–H groups in total. The minimum Gasteiger partial charge on any atom is -0.454 e. The molecular weight excluding hydrogens is 748 g/mol. The number of rotatable bonds is 20. The molecule has 58 heavy (non-hydrogen) atoms. The molecule has 15 heteroatoms. The molecule has 5 rings (SSSR count). The highest BCUT2D eigenvalue weighted by atomic mass is 16.7. The van der Waals surface area contributed by atoms with Gasteiger partial charge in [0.1, 0.15) is 24.9 Å². The highest BCUT2D eigenvalue weighted by molar-refractivity contribution is 5.67. The van der Waals surface area contributed by atoms with Gasteiger partial charge in [0.25, 0.3) is 0 Å². The molecule has 0 radical (unpaired) electrons. The summed E-state index contributed by atoms with van der Waals surface area (Å²) in [7, 11) is 0. The molecule has 0 saturated carbocycles. The number of unbranched alkanes of at least 4 members (excludes halogenated alkanes) is 2. The summed E-state index contributed by atoms with van der Waals surface area (Å²) in [6.45, 7) is 5.96. The largest absolute Gasteiger partial charge is 0.454 e. The smallest absolute Gasteiger partial charge is 0.410 e. The van der Waals surface area contributed by atoms with Gasteiger partial charge in [-0.2, -0.15) is 0 Å². The van der Waals surface area contributed by atoms with E-state index in [1.807, 2.05) is 105 Å². The van der Waals surface area contributed by atoms with E-state index in [1.165, 1.54) is 6.92 Å². The van der Waals surface area contributed by atoms with Gasteiger partial charge < -0.3 is 48.3 Å². The van der Waals surface area contributed by atoms with E-state index in [9.17, 15) is 25.3 Å². The zero-order chi connectivity index (χ0) is 41.3. The molecule has 314 valence electrons. The number of carbonyl (C=O) groups is 2. The topological polar surface area (TPSA) is 191 Å². The van der Waals surface area contributed by atoms with E-state index >= 15 is 0 Å². The molecule has 2 aliphatic rings. The minimum absolute atomic E-state index is 0.0942. The maximum Gasteiger partial charge on any atom is 0.410 e. The normalized spacial score (nSPS) is 26.9. The molecule has 2 heterocycles. The monoisotopic (exact) mass is 804 g/mol. The molecule has 0 spiro atoms. The van der Waals surface area contributed by atoms with Crippen LogP contribution in [0.4, 0.5) is 4.79 Å². The lowest BCUT2D eigenvalue weighted by atomic mass is 9.87. The van der Waals surface area contributed by atoms with Crippen molar-refractivity contribution in [1.29, 1.82) is 0 Å². The Labute approximate surface area is 339 Å². The number of nitrogens with zero attached hydrogens (tertiary/aromatic N) is 4. The van der Waals surface area contributed by atoms with E-state index in [0.29, 0.717) is 39.0 Å². The second kappa shape index (κ2) is 23.1. The average molecular weight is 805 g/mol. The van der Waals surface area contributed by atoms with Crippen LogP contribution in [0.5, 0.6) is 0 Å². The fourth-order valence-corrected chi connectivity index (χ4v) is 7.22. The lowest BCUT2D eigenvalue weighted by molar-refractivity contribution is -0.345. The Morgan fingerprint density at radius 3 is 2.03 bits per heavy atom. The van der Waals surface area contributed by atoms with Crippen LogP contribution in [0, 0.1) is 5.92 Å².